The van der Waals surface area contributed by atoms with Crippen LogP contribution >= 0.6 is 0 Å². The number of morpholine rings is 1. The largest absolute Gasteiger partial charge is 0.392 e. The summed E-state index contributed by atoms with van der Waals surface area (Å²) in [5.41, 5.74) is 0. The molecule has 0 radical (unpaired) electrons. The maximum atomic E-state index is 9.24. The Kier molecular flexibility index (Phi) is 3.98. The Morgan fingerprint density at radius 3 is 3.00 bits per heavy atom. The van der Waals surface area contributed by atoms with E-state index >= 15 is 0 Å². The summed E-state index contributed by atoms with van der Waals surface area (Å²) in [6, 6.07) is 0.508. The van der Waals surface area contributed by atoms with Crippen molar-refractivity contribution in [2.24, 2.45) is 0 Å². The van der Waals surface area contributed by atoms with Crippen molar-refractivity contribution in [3.63, 3.8) is 0 Å². The molecule has 72 valence electrons. The molecule has 0 aliphatic carbocycles. The number of ether oxygens (including phenoxy) is 1. The average molecular weight is 173 g/mol. The maximum absolute atomic E-state index is 9.24. The topological polar surface area (TPSA) is 32.7 Å². The molecular weight excluding hydrogens is 154 g/mol. The standard InChI is InChI=1S/C9H19NO2/c1-3-9-7-12-5-4-10(9)6-8(2)11/h8-9,11H,3-7H2,1-2H3. The summed E-state index contributed by atoms with van der Waals surface area (Å²) in [5.74, 6) is 0. The van der Waals surface area contributed by atoms with Crippen molar-refractivity contribution in [1.82, 2.24) is 4.90 Å². The van der Waals surface area contributed by atoms with Crippen LogP contribution in [0.3, 0.4) is 0 Å². The van der Waals surface area contributed by atoms with E-state index in [-0.39, 0.29) is 6.10 Å². The molecule has 0 saturated carbocycles. The highest BCUT2D eigenvalue weighted by Gasteiger charge is 2.21. The van der Waals surface area contributed by atoms with Gasteiger partial charge in [-0.15, -0.1) is 0 Å². The number of rotatable bonds is 3. The molecule has 0 aromatic rings. The zero-order chi connectivity index (χ0) is 8.97. The highest BCUT2D eigenvalue weighted by atomic mass is 16.5. The predicted molar refractivity (Wildman–Crippen MR) is 48.2 cm³/mol. The van der Waals surface area contributed by atoms with Crippen molar-refractivity contribution >= 4 is 0 Å². The zero-order valence-corrected chi connectivity index (χ0v) is 7.99. The van der Waals surface area contributed by atoms with Gasteiger partial charge in [-0.25, -0.2) is 0 Å². The monoisotopic (exact) mass is 173 g/mol. The van der Waals surface area contributed by atoms with E-state index in [1.54, 1.807) is 0 Å². The molecule has 0 aromatic heterocycles. The Morgan fingerprint density at radius 1 is 1.67 bits per heavy atom. The Hall–Kier alpha value is -0.120. The molecule has 1 fully saturated rings. The fourth-order valence-electron chi connectivity index (χ4n) is 1.64. The summed E-state index contributed by atoms with van der Waals surface area (Å²) in [7, 11) is 0. The number of nitrogens with zero attached hydrogens (tertiary/aromatic N) is 1. The first-order chi connectivity index (χ1) is 5.74. The van der Waals surface area contributed by atoms with Crippen LogP contribution < -0.4 is 0 Å². The van der Waals surface area contributed by atoms with Crippen molar-refractivity contribution in [3.8, 4) is 0 Å². The van der Waals surface area contributed by atoms with Gasteiger partial charge in [0.15, 0.2) is 0 Å². The van der Waals surface area contributed by atoms with Crippen LogP contribution in [0.15, 0.2) is 0 Å². The van der Waals surface area contributed by atoms with E-state index in [0.29, 0.717) is 6.04 Å². The first-order valence-electron chi connectivity index (χ1n) is 4.74. The van der Waals surface area contributed by atoms with Crippen LogP contribution in [0.4, 0.5) is 0 Å². The molecule has 0 spiro atoms. The summed E-state index contributed by atoms with van der Waals surface area (Å²) < 4.78 is 5.36. The van der Waals surface area contributed by atoms with Crippen LogP contribution in [0.25, 0.3) is 0 Å². The minimum absolute atomic E-state index is 0.225. The Morgan fingerprint density at radius 2 is 2.42 bits per heavy atom. The first kappa shape index (κ1) is 9.96. The van der Waals surface area contributed by atoms with E-state index in [9.17, 15) is 5.11 Å². The number of aliphatic hydroxyl groups excluding tert-OH is 1. The molecule has 3 nitrogen and oxygen atoms in total. The van der Waals surface area contributed by atoms with Crippen molar-refractivity contribution in [1.29, 1.82) is 0 Å². The SMILES string of the molecule is CCC1COCCN1CC(C)O. The van der Waals surface area contributed by atoms with Gasteiger partial charge in [-0.1, -0.05) is 6.92 Å². The number of aliphatic hydroxyl groups is 1. The summed E-state index contributed by atoms with van der Waals surface area (Å²) in [6.07, 6.45) is 0.879. The maximum Gasteiger partial charge on any atom is 0.0639 e. The molecule has 12 heavy (non-hydrogen) atoms. The number of hydrogen-bond donors (Lipinski definition) is 1. The molecule has 1 aliphatic heterocycles. The zero-order valence-electron chi connectivity index (χ0n) is 7.99. The van der Waals surface area contributed by atoms with Crippen LogP contribution in [-0.4, -0.2) is 48.5 Å². The second-order valence-electron chi connectivity index (χ2n) is 3.48. The molecule has 0 bridgehead atoms. The van der Waals surface area contributed by atoms with Crippen LogP contribution in [-0.2, 0) is 4.74 Å². The fraction of sp³-hybridized carbons (Fsp3) is 1.00. The van der Waals surface area contributed by atoms with Crippen LogP contribution in [0.1, 0.15) is 20.3 Å². The lowest BCUT2D eigenvalue weighted by atomic mass is 10.1. The van der Waals surface area contributed by atoms with Crippen LogP contribution in [0.2, 0.25) is 0 Å². The second-order valence-corrected chi connectivity index (χ2v) is 3.48. The molecular formula is C9H19NO2. The molecule has 1 aliphatic rings. The van der Waals surface area contributed by atoms with Crippen LogP contribution in [0, 0.1) is 0 Å². The van der Waals surface area contributed by atoms with Gasteiger partial charge >= 0.3 is 0 Å². The van der Waals surface area contributed by atoms with Gasteiger partial charge in [0.25, 0.3) is 0 Å². The molecule has 2 atom stereocenters. The Balaban J connectivity index is 2.36. The normalized spacial score (nSPS) is 28.8. The third-order valence-corrected chi connectivity index (χ3v) is 2.32. The minimum atomic E-state index is -0.225. The molecule has 0 aromatic carbocycles. The Bertz CT molecular complexity index is 128. The molecule has 3 heteroatoms. The molecule has 2 unspecified atom stereocenters. The summed E-state index contributed by atoms with van der Waals surface area (Å²) in [6.45, 7) is 7.37. The van der Waals surface area contributed by atoms with Gasteiger partial charge < -0.3 is 9.84 Å². The average Bonchev–Trinajstić information content (AvgIpc) is 2.04. The lowest BCUT2D eigenvalue weighted by molar-refractivity contribution is -0.0247. The van der Waals surface area contributed by atoms with Gasteiger partial charge in [0.05, 0.1) is 19.3 Å². The van der Waals surface area contributed by atoms with Gasteiger partial charge in [0.1, 0.15) is 0 Å². The van der Waals surface area contributed by atoms with E-state index in [1.807, 2.05) is 6.92 Å². The van der Waals surface area contributed by atoms with Crippen LogP contribution in [0.5, 0.6) is 0 Å². The van der Waals surface area contributed by atoms with E-state index in [1.165, 1.54) is 0 Å². The molecule has 1 N–H and O–H groups in total. The van der Waals surface area contributed by atoms with Gasteiger partial charge in [-0.05, 0) is 13.3 Å². The minimum Gasteiger partial charge on any atom is -0.392 e. The lowest BCUT2D eigenvalue weighted by Crippen LogP contribution is -2.47. The van der Waals surface area contributed by atoms with Gasteiger partial charge in [0.2, 0.25) is 0 Å². The van der Waals surface area contributed by atoms with Gasteiger partial charge in [-0.2, -0.15) is 0 Å². The van der Waals surface area contributed by atoms with Crippen molar-refractivity contribution in [2.75, 3.05) is 26.3 Å². The van der Waals surface area contributed by atoms with E-state index in [2.05, 4.69) is 11.8 Å². The second kappa shape index (κ2) is 4.80. The first-order valence-corrected chi connectivity index (χ1v) is 4.74. The van der Waals surface area contributed by atoms with Gasteiger partial charge in [-0.3, -0.25) is 4.90 Å². The third-order valence-electron chi connectivity index (χ3n) is 2.32. The smallest absolute Gasteiger partial charge is 0.0639 e. The molecule has 1 heterocycles. The highest BCUT2D eigenvalue weighted by Crippen LogP contribution is 2.10. The predicted octanol–water partition coefficient (Wildman–Crippen LogP) is 0.478. The summed E-state index contributed by atoms with van der Waals surface area (Å²) >= 11 is 0. The number of β-amino-alcohol motifs (C(OH)–C–C–N with tert-alkyl or cyclic N) is 1. The van der Waals surface area contributed by atoms with Crippen molar-refractivity contribution in [3.05, 3.63) is 0 Å². The number of hydrogen-bond acceptors (Lipinski definition) is 3. The molecule has 1 saturated heterocycles. The quantitative estimate of drug-likeness (QED) is 0.673. The van der Waals surface area contributed by atoms with Gasteiger partial charge in [0, 0.05) is 19.1 Å². The van der Waals surface area contributed by atoms with Crippen molar-refractivity contribution < 1.29 is 9.84 Å². The highest BCUT2D eigenvalue weighted by molar-refractivity contribution is 4.75. The van der Waals surface area contributed by atoms with Crippen molar-refractivity contribution in [2.45, 2.75) is 32.4 Å². The summed E-state index contributed by atoms with van der Waals surface area (Å²) in [5, 5.41) is 9.24. The molecule has 1 rings (SSSR count). The lowest BCUT2D eigenvalue weighted by Gasteiger charge is -2.35. The third kappa shape index (κ3) is 2.73. The Labute approximate surface area is 74.3 Å². The fourth-order valence-corrected chi connectivity index (χ4v) is 1.64. The van der Waals surface area contributed by atoms with E-state index < -0.39 is 0 Å². The van der Waals surface area contributed by atoms with E-state index in [0.717, 1.165) is 32.7 Å². The molecule has 0 amide bonds. The summed E-state index contributed by atoms with van der Waals surface area (Å²) in [4.78, 5) is 2.31. The van der Waals surface area contributed by atoms with E-state index in [4.69, 9.17) is 4.74 Å².